The van der Waals surface area contributed by atoms with Crippen LogP contribution in [-0.4, -0.2) is 53.8 Å². The minimum absolute atomic E-state index is 0.165. The molecule has 1 aromatic heterocycles. The Kier molecular flexibility index (Phi) is 5.66. The number of benzene rings is 3. The molecule has 3 aliphatic rings. The Morgan fingerprint density at radius 2 is 1.45 bits per heavy atom. The van der Waals surface area contributed by atoms with Crippen molar-refractivity contribution in [1.82, 2.24) is 15.0 Å². The van der Waals surface area contributed by atoms with Crippen LogP contribution in [0.25, 0.3) is 11.3 Å². The van der Waals surface area contributed by atoms with Gasteiger partial charge in [-0.05, 0) is 42.2 Å². The number of hydrogen-bond donors (Lipinski definition) is 0. The van der Waals surface area contributed by atoms with E-state index < -0.39 is 5.41 Å². The molecule has 0 bridgehead atoms. The molecule has 1 saturated heterocycles. The summed E-state index contributed by atoms with van der Waals surface area (Å²) in [4.78, 5) is 18.3. The van der Waals surface area contributed by atoms with Gasteiger partial charge in [0.15, 0.2) is 17.3 Å². The van der Waals surface area contributed by atoms with E-state index in [1.807, 2.05) is 29.2 Å². The summed E-state index contributed by atoms with van der Waals surface area (Å²) in [5.41, 5.74) is 3.56. The number of rotatable bonds is 6. The first-order chi connectivity index (χ1) is 18.7. The van der Waals surface area contributed by atoms with Crippen molar-refractivity contribution in [3.8, 4) is 22.8 Å². The lowest BCUT2D eigenvalue weighted by Crippen LogP contribution is -2.52. The van der Waals surface area contributed by atoms with Crippen molar-refractivity contribution in [3.63, 3.8) is 0 Å². The quantitative estimate of drug-likeness (QED) is 0.365. The van der Waals surface area contributed by atoms with E-state index in [-0.39, 0.29) is 18.7 Å². The molecule has 0 radical (unpaired) electrons. The van der Waals surface area contributed by atoms with Crippen LogP contribution < -0.4 is 9.47 Å². The van der Waals surface area contributed by atoms with Crippen molar-refractivity contribution in [2.24, 2.45) is 0 Å². The fourth-order valence-corrected chi connectivity index (χ4v) is 5.76. The molecular weight excluding hydrogens is 478 g/mol. The van der Waals surface area contributed by atoms with Gasteiger partial charge in [-0.1, -0.05) is 65.8 Å². The second-order valence-electron chi connectivity index (χ2n) is 10.3. The molecule has 2 fully saturated rings. The Labute approximate surface area is 221 Å². The van der Waals surface area contributed by atoms with Crippen LogP contribution in [0.1, 0.15) is 35.7 Å². The molecule has 4 aromatic rings. The van der Waals surface area contributed by atoms with Crippen LogP contribution in [0.15, 0.2) is 89.5 Å². The fraction of sp³-hybridized carbons (Fsp3) is 0.290. The summed E-state index contributed by atoms with van der Waals surface area (Å²) in [5, 5.41) is 4.35. The lowest BCUT2D eigenvalue weighted by Gasteiger charge is -2.40. The van der Waals surface area contributed by atoms with Gasteiger partial charge in [-0.15, -0.1) is 0 Å². The molecule has 1 aliphatic carbocycles. The Bertz CT molecular complexity index is 1400. The first-order valence-electron chi connectivity index (χ1n) is 13.2. The van der Waals surface area contributed by atoms with Crippen LogP contribution in [0.3, 0.4) is 0 Å². The predicted octanol–water partition coefficient (Wildman–Crippen LogP) is 5.04. The highest BCUT2D eigenvalue weighted by molar-refractivity contribution is 5.91. The van der Waals surface area contributed by atoms with E-state index in [1.54, 1.807) is 0 Å². The molecule has 0 atom stereocenters. The molecule has 1 amide bonds. The van der Waals surface area contributed by atoms with Crippen molar-refractivity contribution < 1.29 is 18.8 Å². The van der Waals surface area contributed by atoms with E-state index in [1.165, 1.54) is 11.1 Å². The van der Waals surface area contributed by atoms with Crippen LogP contribution in [0.4, 0.5) is 0 Å². The number of piperazine rings is 1. The number of aromatic nitrogens is 1. The minimum atomic E-state index is -0.571. The first-order valence-corrected chi connectivity index (χ1v) is 13.2. The molecule has 0 spiro atoms. The summed E-state index contributed by atoms with van der Waals surface area (Å²) in [6.45, 7) is 3.26. The molecular formula is C31H29N3O4. The van der Waals surface area contributed by atoms with Crippen LogP contribution in [-0.2, 0) is 10.2 Å². The second kappa shape index (κ2) is 9.33. The summed E-state index contributed by atoms with van der Waals surface area (Å²) in [6, 6.07) is 29.0. The van der Waals surface area contributed by atoms with Crippen molar-refractivity contribution in [2.75, 3.05) is 33.0 Å². The highest BCUT2D eigenvalue weighted by atomic mass is 16.7. The van der Waals surface area contributed by atoms with Gasteiger partial charge in [0.25, 0.3) is 0 Å². The van der Waals surface area contributed by atoms with E-state index in [9.17, 15) is 4.79 Å². The van der Waals surface area contributed by atoms with Crippen LogP contribution in [0.5, 0.6) is 11.5 Å². The number of nitrogens with zero attached hydrogens (tertiary/aromatic N) is 3. The molecule has 3 aromatic carbocycles. The van der Waals surface area contributed by atoms with Gasteiger partial charge >= 0.3 is 0 Å². The lowest BCUT2D eigenvalue weighted by molar-refractivity contribution is -0.136. The molecule has 7 nitrogen and oxygen atoms in total. The molecule has 7 heteroatoms. The highest BCUT2D eigenvalue weighted by Gasteiger charge is 2.55. The number of amides is 1. The molecule has 3 heterocycles. The number of carbonyl (C=O) groups is 1. The van der Waals surface area contributed by atoms with Crippen molar-refractivity contribution in [2.45, 2.75) is 24.3 Å². The summed E-state index contributed by atoms with van der Waals surface area (Å²) in [6.07, 6.45) is 1.60. The van der Waals surface area contributed by atoms with Gasteiger partial charge in [-0.25, -0.2) is 0 Å². The summed E-state index contributed by atoms with van der Waals surface area (Å²) in [5.74, 6) is 2.22. The normalized spacial score (nSPS) is 18.1. The molecule has 192 valence electrons. The summed E-state index contributed by atoms with van der Waals surface area (Å²) >= 11 is 0. The van der Waals surface area contributed by atoms with Gasteiger partial charge < -0.3 is 18.9 Å². The summed E-state index contributed by atoms with van der Waals surface area (Å²) in [7, 11) is 0. The highest BCUT2D eigenvalue weighted by Crippen LogP contribution is 2.50. The third-order valence-corrected chi connectivity index (χ3v) is 8.01. The standard InChI is InChI=1S/C31H29N3O4/c35-30(31(13-14-31)28-20-26(38-32-28)24-11-12-25-27(19-24)37-21-36-25)34-17-15-33(16-18-34)29(22-7-3-1-4-8-22)23-9-5-2-6-10-23/h1-12,19-20,29H,13-18,21H2. The number of carbonyl (C=O) groups excluding carboxylic acids is 1. The largest absolute Gasteiger partial charge is 0.454 e. The van der Waals surface area contributed by atoms with Gasteiger partial charge in [0.2, 0.25) is 12.7 Å². The maximum atomic E-state index is 13.8. The third-order valence-electron chi connectivity index (χ3n) is 8.01. The number of hydrogen-bond acceptors (Lipinski definition) is 6. The van der Waals surface area contributed by atoms with Gasteiger partial charge in [0, 0.05) is 37.8 Å². The number of ether oxygens (including phenoxy) is 2. The zero-order chi connectivity index (χ0) is 25.5. The van der Waals surface area contributed by atoms with Gasteiger partial charge in [0.05, 0.1) is 17.2 Å². The van der Waals surface area contributed by atoms with E-state index in [2.05, 4.69) is 70.7 Å². The van der Waals surface area contributed by atoms with Crippen LogP contribution in [0, 0.1) is 0 Å². The third kappa shape index (κ3) is 4.03. The van der Waals surface area contributed by atoms with Gasteiger partial charge in [-0.3, -0.25) is 9.69 Å². The molecule has 1 saturated carbocycles. The molecule has 38 heavy (non-hydrogen) atoms. The maximum absolute atomic E-state index is 13.8. The predicted molar refractivity (Wildman–Crippen MR) is 142 cm³/mol. The Morgan fingerprint density at radius 3 is 2.11 bits per heavy atom. The Balaban J connectivity index is 1.07. The van der Waals surface area contributed by atoms with Crippen LogP contribution >= 0.6 is 0 Å². The van der Waals surface area contributed by atoms with E-state index in [4.69, 9.17) is 14.0 Å². The maximum Gasteiger partial charge on any atom is 0.235 e. The van der Waals surface area contributed by atoms with Gasteiger partial charge in [-0.2, -0.15) is 0 Å². The van der Waals surface area contributed by atoms with Crippen molar-refractivity contribution >= 4 is 5.91 Å². The first kappa shape index (κ1) is 23.0. The number of fused-ring (bicyclic) bond motifs is 1. The lowest BCUT2D eigenvalue weighted by atomic mass is 9.95. The van der Waals surface area contributed by atoms with E-state index in [0.29, 0.717) is 24.6 Å². The zero-order valence-electron chi connectivity index (χ0n) is 21.1. The van der Waals surface area contributed by atoms with Crippen LogP contribution in [0.2, 0.25) is 0 Å². The SMILES string of the molecule is O=C(N1CCN(C(c2ccccc2)c2ccccc2)CC1)C1(c2cc(-c3ccc4c(c3)OCO4)on2)CC1. The Hall–Kier alpha value is -4.10. The second-order valence-corrected chi connectivity index (χ2v) is 10.3. The molecule has 0 N–H and O–H groups in total. The fourth-order valence-electron chi connectivity index (χ4n) is 5.76. The van der Waals surface area contributed by atoms with E-state index >= 15 is 0 Å². The molecule has 2 aliphatic heterocycles. The molecule has 7 rings (SSSR count). The average Bonchev–Trinajstić information content (AvgIpc) is 3.39. The van der Waals surface area contributed by atoms with Crippen molar-refractivity contribution in [1.29, 1.82) is 0 Å². The minimum Gasteiger partial charge on any atom is -0.454 e. The smallest absolute Gasteiger partial charge is 0.235 e. The monoisotopic (exact) mass is 507 g/mol. The van der Waals surface area contributed by atoms with Crippen molar-refractivity contribution in [3.05, 3.63) is 102 Å². The van der Waals surface area contributed by atoms with E-state index in [0.717, 1.165) is 42.9 Å². The van der Waals surface area contributed by atoms with Gasteiger partial charge in [0.1, 0.15) is 0 Å². The topological polar surface area (TPSA) is 68.0 Å². The average molecular weight is 508 g/mol. The summed E-state index contributed by atoms with van der Waals surface area (Å²) < 4.78 is 16.6. The zero-order valence-corrected chi connectivity index (χ0v) is 21.1. The Morgan fingerprint density at radius 1 is 0.789 bits per heavy atom. The molecule has 0 unspecified atom stereocenters.